The number of thiophene rings is 1. The molecule has 6 heteroatoms. The Bertz CT molecular complexity index is 633. The Morgan fingerprint density at radius 3 is 2.67 bits per heavy atom. The van der Waals surface area contributed by atoms with Crippen LogP contribution in [0.4, 0.5) is 0 Å². The zero-order chi connectivity index (χ0) is 17.4. The molecule has 0 saturated carbocycles. The number of rotatable bonds is 9. The summed E-state index contributed by atoms with van der Waals surface area (Å²) in [5.41, 5.74) is 1.24. The van der Waals surface area contributed by atoms with Gasteiger partial charge >= 0.3 is 0 Å². The largest absolute Gasteiger partial charge is 0.383 e. The lowest BCUT2D eigenvalue weighted by Gasteiger charge is -2.27. The summed E-state index contributed by atoms with van der Waals surface area (Å²) in [6.07, 6.45) is 0.846. The van der Waals surface area contributed by atoms with Gasteiger partial charge in [-0.3, -0.25) is 9.69 Å². The van der Waals surface area contributed by atoms with Crippen molar-refractivity contribution in [1.82, 2.24) is 10.2 Å². The average Bonchev–Trinajstić information content (AvgIpc) is 2.99. The van der Waals surface area contributed by atoms with Gasteiger partial charge in [0, 0.05) is 18.0 Å². The van der Waals surface area contributed by atoms with Gasteiger partial charge in [0.25, 0.3) is 0 Å². The second kappa shape index (κ2) is 9.79. The molecule has 0 fully saturated rings. The second-order valence-electron chi connectivity index (χ2n) is 5.70. The molecule has 0 bridgehead atoms. The average molecular weight is 367 g/mol. The van der Waals surface area contributed by atoms with E-state index in [1.807, 2.05) is 42.3 Å². The van der Waals surface area contributed by atoms with Crippen LogP contribution in [0.1, 0.15) is 10.4 Å². The first-order valence-corrected chi connectivity index (χ1v) is 9.02. The van der Waals surface area contributed by atoms with Crippen molar-refractivity contribution in [2.45, 2.75) is 19.0 Å². The van der Waals surface area contributed by atoms with E-state index in [0.717, 1.165) is 15.6 Å². The molecule has 0 spiro atoms. The van der Waals surface area contributed by atoms with E-state index >= 15 is 0 Å². The van der Waals surface area contributed by atoms with Crippen molar-refractivity contribution in [3.05, 3.63) is 57.2 Å². The van der Waals surface area contributed by atoms with Gasteiger partial charge in [-0.05, 0) is 31.2 Å². The molecule has 24 heavy (non-hydrogen) atoms. The number of carbonyl (C=O) groups is 1. The summed E-state index contributed by atoms with van der Waals surface area (Å²) >= 11 is 7.38. The zero-order valence-electron chi connectivity index (χ0n) is 14.0. The van der Waals surface area contributed by atoms with Gasteiger partial charge in [-0.2, -0.15) is 0 Å². The minimum Gasteiger partial charge on any atom is -0.383 e. The normalized spacial score (nSPS) is 12.3. The smallest absolute Gasteiger partial charge is 0.234 e. The molecule has 0 saturated heterocycles. The maximum atomic E-state index is 12.2. The number of methoxy groups -OCH3 is 1. The lowest BCUT2D eigenvalue weighted by atomic mass is 10.1. The predicted molar refractivity (Wildman–Crippen MR) is 99.6 cm³/mol. The first-order valence-electron chi connectivity index (χ1n) is 7.82. The Labute approximate surface area is 152 Å². The highest BCUT2D eigenvalue weighted by atomic mass is 35.5. The molecule has 2 aromatic rings. The number of ether oxygens (including phenoxy) is 1. The number of benzene rings is 1. The zero-order valence-corrected chi connectivity index (χ0v) is 15.6. The molecule has 1 N–H and O–H groups in total. The van der Waals surface area contributed by atoms with Gasteiger partial charge in [-0.15, -0.1) is 11.3 Å². The molecule has 0 aliphatic carbocycles. The van der Waals surface area contributed by atoms with Crippen LogP contribution in [0, 0.1) is 0 Å². The van der Waals surface area contributed by atoms with E-state index in [0.29, 0.717) is 19.7 Å². The molecule has 1 aromatic carbocycles. The van der Waals surface area contributed by atoms with E-state index < -0.39 is 0 Å². The lowest BCUT2D eigenvalue weighted by Crippen LogP contribution is -2.43. The van der Waals surface area contributed by atoms with Gasteiger partial charge in [0.15, 0.2) is 0 Å². The van der Waals surface area contributed by atoms with Crippen molar-refractivity contribution in [3.63, 3.8) is 0 Å². The van der Waals surface area contributed by atoms with Crippen molar-refractivity contribution in [2.75, 3.05) is 27.3 Å². The molecule has 0 unspecified atom stereocenters. The van der Waals surface area contributed by atoms with Crippen LogP contribution < -0.4 is 5.32 Å². The number of hydrogen-bond acceptors (Lipinski definition) is 4. The molecular formula is C18H23ClN2O2S. The van der Waals surface area contributed by atoms with Crippen molar-refractivity contribution in [1.29, 1.82) is 0 Å². The number of nitrogens with zero attached hydrogens (tertiary/aromatic N) is 1. The van der Waals surface area contributed by atoms with E-state index in [4.69, 9.17) is 16.3 Å². The molecule has 4 nitrogen and oxygen atoms in total. The topological polar surface area (TPSA) is 41.6 Å². The van der Waals surface area contributed by atoms with Crippen molar-refractivity contribution in [3.8, 4) is 0 Å². The molecule has 0 radical (unpaired) electrons. The molecule has 2 rings (SSSR count). The highest BCUT2D eigenvalue weighted by Crippen LogP contribution is 2.20. The van der Waals surface area contributed by atoms with Crippen LogP contribution in [0.2, 0.25) is 4.34 Å². The van der Waals surface area contributed by atoms with Crippen LogP contribution in [-0.4, -0.2) is 44.2 Å². The highest BCUT2D eigenvalue weighted by Gasteiger charge is 2.18. The van der Waals surface area contributed by atoms with E-state index in [2.05, 4.69) is 17.4 Å². The van der Waals surface area contributed by atoms with Crippen molar-refractivity contribution in [2.24, 2.45) is 0 Å². The number of halogens is 1. The Hall–Kier alpha value is -1.40. The quantitative estimate of drug-likeness (QED) is 0.741. The molecule has 1 atom stereocenters. The summed E-state index contributed by atoms with van der Waals surface area (Å²) in [5, 5.41) is 2.93. The van der Waals surface area contributed by atoms with E-state index in [-0.39, 0.29) is 11.9 Å². The van der Waals surface area contributed by atoms with Crippen molar-refractivity contribution < 1.29 is 9.53 Å². The standard InChI is InChI=1S/C18H23ClN2O2S/c1-21(12-18(22)20-11-16-8-9-17(19)24-16)15(13-23-2)10-14-6-4-3-5-7-14/h3-9,15H,10-13H2,1-2H3,(H,20,22)/t15-/m1/s1. The molecule has 0 aliphatic rings. The number of nitrogens with one attached hydrogen (secondary N) is 1. The minimum atomic E-state index is -0.00353. The number of hydrogen-bond donors (Lipinski definition) is 1. The van der Waals surface area contributed by atoms with Crippen molar-refractivity contribution >= 4 is 28.8 Å². The summed E-state index contributed by atoms with van der Waals surface area (Å²) in [6.45, 7) is 1.43. The fraction of sp³-hybridized carbons (Fsp3) is 0.389. The number of carbonyl (C=O) groups excluding carboxylic acids is 1. The lowest BCUT2D eigenvalue weighted by molar-refractivity contribution is -0.122. The maximum Gasteiger partial charge on any atom is 0.234 e. The molecule has 1 aromatic heterocycles. The van der Waals surface area contributed by atoms with E-state index in [1.54, 1.807) is 7.11 Å². The summed E-state index contributed by atoms with van der Waals surface area (Å²) < 4.78 is 6.06. The summed E-state index contributed by atoms with van der Waals surface area (Å²) in [7, 11) is 3.64. The third-order valence-corrected chi connectivity index (χ3v) is 5.01. The Morgan fingerprint density at radius 1 is 1.29 bits per heavy atom. The molecule has 1 amide bonds. The Kier molecular flexibility index (Phi) is 7.72. The van der Waals surface area contributed by atoms with Crippen LogP contribution in [0.5, 0.6) is 0 Å². The van der Waals surface area contributed by atoms with Crippen LogP contribution in [0.3, 0.4) is 0 Å². The summed E-state index contributed by atoms with van der Waals surface area (Å²) in [6, 6.07) is 14.2. The monoisotopic (exact) mass is 366 g/mol. The first kappa shape index (κ1) is 18.9. The summed E-state index contributed by atoms with van der Waals surface area (Å²) in [4.78, 5) is 15.3. The van der Waals surface area contributed by atoms with Gasteiger partial charge in [-0.1, -0.05) is 41.9 Å². The molecule has 130 valence electrons. The molecule has 0 aliphatic heterocycles. The molecular weight excluding hydrogens is 344 g/mol. The van der Waals surface area contributed by atoms with Crippen LogP contribution in [0.15, 0.2) is 42.5 Å². The van der Waals surface area contributed by atoms with Crippen LogP contribution in [0.25, 0.3) is 0 Å². The fourth-order valence-electron chi connectivity index (χ4n) is 2.46. The minimum absolute atomic E-state index is 0.00353. The van der Waals surface area contributed by atoms with Gasteiger partial charge in [0.05, 0.1) is 24.0 Å². The van der Waals surface area contributed by atoms with Gasteiger partial charge in [0.2, 0.25) is 5.91 Å². The second-order valence-corrected chi connectivity index (χ2v) is 7.50. The maximum absolute atomic E-state index is 12.2. The number of amides is 1. The SMILES string of the molecule is COC[C@@H](Cc1ccccc1)N(C)CC(=O)NCc1ccc(Cl)s1. The first-order chi connectivity index (χ1) is 11.6. The predicted octanol–water partition coefficient (Wildman–Crippen LogP) is 3.21. The fourth-order valence-corrected chi connectivity index (χ4v) is 3.49. The van der Waals surface area contributed by atoms with Gasteiger partial charge in [-0.25, -0.2) is 0 Å². The van der Waals surface area contributed by atoms with Crippen LogP contribution in [-0.2, 0) is 22.5 Å². The number of likely N-dealkylation sites (N-methyl/N-ethyl adjacent to an activating group) is 1. The third-order valence-electron chi connectivity index (χ3n) is 3.78. The Balaban J connectivity index is 1.84. The van der Waals surface area contributed by atoms with E-state index in [1.165, 1.54) is 16.9 Å². The van der Waals surface area contributed by atoms with Gasteiger partial charge < -0.3 is 10.1 Å². The van der Waals surface area contributed by atoms with Crippen LogP contribution >= 0.6 is 22.9 Å². The van der Waals surface area contributed by atoms with E-state index in [9.17, 15) is 4.79 Å². The highest BCUT2D eigenvalue weighted by molar-refractivity contribution is 7.16. The van der Waals surface area contributed by atoms with Gasteiger partial charge in [0.1, 0.15) is 0 Å². The summed E-state index contributed by atoms with van der Waals surface area (Å²) in [5.74, 6) is -0.00353. The third kappa shape index (κ3) is 6.24. The Morgan fingerprint density at radius 2 is 2.04 bits per heavy atom. The molecule has 1 heterocycles.